The Morgan fingerprint density at radius 2 is 1.89 bits per heavy atom. The molecule has 0 saturated heterocycles. The van der Waals surface area contributed by atoms with E-state index in [2.05, 4.69) is 38.7 Å². The maximum atomic E-state index is 9.55. The summed E-state index contributed by atoms with van der Waals surface area (Å²) in [6.45, 7) is 8.52. The average Bonchev–Trinajstić information content (AvgIpc) is 2.27. The van der Waals surface area contributed by atoms with Crippen LogP contribution >= 0.6 is 0 Å². The Kier molecular flexibility index (Phi) is 5.03. The van der Waals surface area contributed by atoms with Gasteiger partial charge >= 0.3 is 0 Å². The van der Waals surface area contributed by atoms with Crippen LogP contribution in [0.25, 0.3) is 0 Å². The highest BCUT2D eigenvalue weighted by Gasteiger charge is 2.22. The fraction of sp³-hybridized carbons (Fsp3) is 0.600. The molecule has 3 nitrogen and oxygen atoms in total. The van der Waals surface area contributed by atoms with Gasteiger partial charge in [0.2, 0.25) is 0 Å². The summed E-state index contributed by atoms with van der Waals surface area (Å²) < 4.78 is 5.48. The van der Waals surface area contributed by atoms with Crippen molar-refractivity contribution in [3.63, 3.8) is 0 Å². The molecule has 1 aromatic carbocycles. The van der Waals surface area contributed by atoms with Gasteiger partial charge in [0.05, 0.1) is 25.4 Å². The summed E-state index contributed by atoms with van der Waals surface area (Å²) in [4.78, 5) is 2.12. The number of aliphatic hydroxyl groups excluding tert-OH is 1. The molecular weight excluding hydrogens is 226 g/mol. The van der Waals surface area contributed by atoms with E-state index >= 15 is 0 Å². The van der Waals surface area contributed by atoms with Crippen molar-refractivity contribution < 1.29 is 9.84 Å². The van der Waals surface area contributed by atoms with E-state index in [9.17, 15) is 5.11 Å². The molecule has 0 saturated carbocycles. The van der Waals surface area contributed by atoms with Crippen molar-refractivity contribution >= 4 is 5.69 Å². The Bertz CT molecular complexity index is 402. The van der Waals surface area contributed by atoms with Crippen molar-refractivity contribution in [1.82, 2.24) is 0 Å². The molecule has 1 N–H and O–H groups in total. The largest absolute Gasteiger partial charge is 0.495 e. The Labute approximate surface area is 110 Å². The third kappa shape index (κ3) is 2.96. The molecule has 0 heterocycles. The summed E-state index contributed by atoms with van der Waals surface area (Å²) in [7, 11) is 3.70. The normalized spacial score (nSPS) is 12.7. The van der Waals surface area contributed by atoms with Crippen LogP contribution < -0.4 is 9.64 Å². The van der Waals surface area contributed by atoms with Crippen molar-refractivity contribution in [3.8, 4) is 5.75 Å². The van der Waals surface area contributed by atoms with Gasteiger partial charge in [-0.15, -0.1) is 0 Å². The lowest BCUT2D eigenvalue weighted by atomic mass is 10.0. The molecule has 1 unspecified atom stereocenters. The summed E-state index contributed by atoms with van der Waals surface area (Å²) in [6.07, 6.45) is 0. The summed E-state index contributed by atoms with van der Waals surface area (Å²) in [6, 6.07) is 4.27. The van der Waals surface area contributed by atoms with Crippen LogP contribution in [0.5, 0.6) is 5.75 Å². The topological polar surface area (TPSA) is 32.7 Å². The van der Waals surface area contributed by atoms with E-state index < -0.39 is 0 Å². The summed E-state index contributed by atoms with van der Waals surface area (Å²) in [5.41, 5.74) is 3.43. The number of likely N-dealkylation sites (N-methyl/N-ethyl adjacent to an activating group) is 1. The van der Waals surface area contributed by atoms with Crippen LogP contribution in [0.15, 0.2) is 12.1 Å². The van der Waals surface area contributed by atoms with Crippen molar-refractivity contribution in [3.05, 3.63) is 23.3 Å². The minimum Gasteiger partial charge on any atom is -0.495 e. The highest BCUT2D eigenvalue weighted by molar-refractivity contribution is 5.65. The molecule has 0 aliphatic heterocycles. The zero-order valence-corrected chi connectivity index (χ0v) is 12.3. The molecule has 0 fully saturated rings. The van der Waals surface area contributed by atoms with Gasteiger partial charge in [-0.1, -0.05) is 19.9 Å². The van der Waals surface area contributed by atoms with Gasteiger partial charge in [-0.3, -0.25) is 0 Å². The first-order valence-corrected chi connectivity index (χ1v) is 6.41. The van der Waals surface area contributed by atoms with Crippen LogP contribution in [0.2, 0.25) is 0 Å². The van der Waals surface area contributed by atoms with Crippen molar-refractivity contribution in [2.45, 2.75) is 33.7 Å². The fourth-order valence-corrected chi connectivity index (χ4v) is 2.47. The number of nitrogens with zero attached hydrogens (tertiary/aromatic N) is 1. The summed E-state index contributed by atoms with van der Waals surface area (Å²) >= 11 is 0. The quantitative estimate of drug-likeness (QED) is 0.873. The van der Waals surface area contributed by atoms with Crippen molar-refractivity contribution in [1.29, 1.82) is 0 Å². The zero-order valence-electron chi connectivity index (χ0n) is 12.3. The minimum atomic E-state index is 0.0975. The third-order valence-corrected chi connectivity index (χ3v) is 3.44. The van der Waals surface area contributed by atoms with E-state index in [-0.39, 0.29) is 12.6 Å². The number of ether oxygens (including phenoxy) is 1. The molecule has 18 heavy (non-hydrogen) atoms. The number of benzene rings is 1. The maximum absolute atomic E-state index is 9.55. The smallest absolute Gasteiger partial charge is 0.142 e. The molecule has 102 valence electrons. The van der Waals surface area contributed by atoms with E-state index in [4.69, 9.17) is 4.74 Å². The fourth-order valence-electron chi connectivity index (χ4n) is 2.47. The molecule has 0 spiro atoms. The number of aryl methyl sites for hydroxylation is 2. The van der Waals surface area contributed by atoms with E-state index in [1.165, 1.54) is 11.1 Å². The average molecular weight is 251 g/mol. The summed E-state index contributed by atoms with van der Waals surface area (Å²) in [5.74, 6) is 1.25. The Morgan fingerprint density at radius 1 is 1.28 bits per heavy atom. The van der Waals surface area contributed by atoms with E-state index in [0.29, 0.717) is 5.92 Å². The zero-order chi connectivity index (χ0) is 13.9. The number of anilines is 1. The first-order chi connectivity index (χ1) is 8.42. The van der Waals surface area contributed by atoms with Crippen LogP contribution in [0.4, 0.5) is 5.69 Å². The van der Waals surface area contributed by atoms with E-state index in [1.807, 2.05) is 13.1 Å². The van der Waals surface area contributed by atoms with Gasteiger partial charge in [0.25, 0.3) is 0 Å². The van der Waals surface area contributed by atoms with Crippen molar-refractivity contribution in [2.75, 3.05) is 25.7 Å². The monoisotopic (exact) mass is 251 g/mol. The van der Waals surface area contributed by atoms with E-state index in [1.54, 1.807) is 7.11 Å². The second kappa shape index (κ2) is 6.10. The van der Waals surface area contributed by atoms with Crippen LogP contribution in [0.3, 0.4) is 0 Å². The summed E-state index contributed by atoms with van der Waals surface area (Å²) in [5, 5.41) is 9.55. The standard InChI is InChI=1S/C15H25NO2/c1-10(2)13(9-17)16(5)15-12(4)7-11(3)8-14(15)18-6/h7-8,10,13,17H,9H2,1-6H3. The number of aliphatic hydroxyl groups is 1. The van der Waals surface area contributed by atoms with E-state index in [0.717, 1.165) is 11.4 Å². The lowest BCUT2D eigenvalue weighted by Gasteiger charge is -2.33. The minimum absolute atomic E-state index is 0.0975. The van der Waals surface area contributed by atoms with Gasteiger partial charge in [-0.2, -0.15) is 0 Å². The SMILES string of the molecule is COc1cc(C)cc(C)c1N(C)C(CO)C(C)C. The Morgan fingerprint density at radius 3 is 2.33 bits per heavy atom. The predicted octanol–water partition coefficient (Wildman–Crippen LogP) is 2.77. The second-order valence-corrected chi connectivity index (χ2v) is 5.24. The van der Waals surface area contributed by atoms with Gasteiger partial charge in [0, 0.05) is 7.05 Å². The lowest BCUT2D eigenvalue weighted by molar-refractivity contribution is 0.233. The molecule has 0 aliphatic rings. The van der Waals surface area contributed by atoms with Gasteiger partial charge in [0.1, 0.15) is 5.75 Å². The molecule has 0 aliphatic carbocycles. The molecule has 1 rings (SSSR count). The Hall–Kier alpha value is -1.22. The predicted molar refractivity (Wildman–Crippen MR) is 76.6 cm³/mol. The first-order valence-electron chi connectivity index (χ1n) is 6.41. The highest BCUT2D eigenvalue weighted by Crippen LogP contribution is 2.34. The lowest BCUT2D eigenvalue weighted by Crippen LogP contribution is -2.39. The Balaban J connectivity index is 3.22. The molecular formula is C15H25NO2. The molecule has 0 aromatic heterocycles. The van der Waals surface area contributed by atoms with Gasteiger partial charge < -0.3 is 14.7 Å². The van der Waals surface area contributed by atoms with Gasteiger partial charge in [-0.05, 0) is 37.0 Å². The molecule has 0 bridgehead atoms. The van der Waals surface area contributed by atoms with Crippen LogP contribution in [0, 0.1) is 19.8 Å². The van der Waals surface area contributed by atoms with Crippen LogP contribution in [-0.2, 0) is 0 Å². The number of methoxy groups -OCH3 is 1. The number of hydrogen-bond acceptors (Lipinski definition) is 3. The highest BCUT2D eigenvalue weighted by atomic mass is 16.5. The molecule has 0 amide bonds. The van der Waals surface area contributed by atoms with Crippen molar-refractivity contribution in [2.24, 2.45) is 5.92 Å². The number of hydrogen-bond donors (Lipinski definition) is 1. The van der Waals surface area contributed by atoms with Crippen LogP contribution in [-0.4, -0.2) is 31.9 Å². The molecule has 1 aromatic rings. The maximum Gasteiger partial charge on any atom is 0.142 e. The second-order valence-electron chi connectivity index (χ2n) is 5.24. The molecule has 1 atom stereocenters. The van der Waals surface area contributed by atoms with Gasteiger partial charge in [0.15, 0.2) is 0 Å². The van der Waals surface area contributed by atoms with Gasteiger partial charge in [-0.25, -0.2) is 0 Å². The first kappa shape index (κ1) is 14.8. The third-order valence-electron chi connectivity index (χ3n) is 3.44. The molecule has 3 heteroatoms. The number of rotatable bonds is 5. The van der Waals surface area contributed by atoms with Crippen LogP contribution in [0.1, 0.15) is 25.0 Å². The molecule has 0 radical (unpaired) electrons.